The molecule has 20 atom stereocenters. The van der Waals surface area contributed by atoms with Crippen molar-refractivity contribution in [3.63, 3.8) is 0 Å². The highest BCUT2D eigenvalue weighted by molar-refractivity contribution is 5.21. The third kappa shape index (κ3) is 6.77. The smallest absolute Gasteiger partial charge is 0.187 e. The van der Waals surface area contributed by atoms with Gasteiger partial charge in [-0.05, 0) is 125 Å². The van der Waals surface area contributed by atoms with Crippen molar-refractivity contribution in [3.8, 4) is 0 Å². The molecule has 2 saturated heterocycles. The van der Waals surface area contributed by atoms with Gasteiger partial charge in [0.25, 0.3) is 0 Å². The highest BCUT2D eigenvalue weighted by Gasteiger charge is 2.72. The van der Waals surface area contributed by atoms with Gasteiger partial charge in [0.15, 0.2) is 12.6 Å². The third-order valence-corrected chi connectivity index (χ3v) is 16.6. The summed E-state index contributed by atoms with van der Waals surface area (Å²) in [7, 11) is 0. The predicted molar refractivity (Wildman–Crippen MR) is 200 cm³/mol. The Kier molecular flexibility index (Phi) is 12.0. The fourth-order valence-corrected chi connectivity index (χ4v) is 13.2. The number of allylic oxidation sites excluding steroid dienone is 2. The number of aliphatic hydroxyl groups excluding tert-OH is 7. The summed E-state index contributed by atoms with van der Waals surface area (Å²) in [5.41, 5.74) is -0.583. The molecule has 0 aromatic rings. The molecule has 4 saturated carbocycles. The van der Waals surface area contributed by atoms with E-state index in [1.807, 2.05) is 6.92 Å². The second-order valence-corrected chi connectivity index (χ2v) is 20.0. The summed E-state index contributed by atoms with van der Waals surface area (Å²) in [5, 5.41) is 87.9. The van der Waals surface area contributed by atoms with Crippen LogP contribution in [0.25, 0.3) is 0 Å². The highest BCUT2D eigenvalue weighted by atomic mass is 16.8. The minimum Gasteiger partial charge on any atom is -0.394 e. The third-order valence-electron chi connectivity index (χ3n) is 16.6. The van der Waals surface area contributed by atoms with Gasteiger partial charge in [-0.25, -0.2) is 0 Å². The molecule has 0 amide bonds. The van der Waals surface area contributed by atoms with Gasteiger partial charge in [-0.3, -0.25) is 0 Å². The van der Waals surface area contributed by atoms with Gasteiger partial charge in [0.2, 0.25) is 0 Å². The van der Waals surface area contributed by atoms with Crippen molar-refractivity contribution in [3.05, 3.63) is 11.6 Å². The topological polar surface area (TPSA) is 199 Å². The Labute approximate surface area is 322 Å². The summed E-state index contributed by atoms with van der Waals surface area (Å²) in [6, 6.07) is 0. The van der Waals surface area contributed by atoms with Gasteiger partial charge in [-0.2, -0.15) is 0 Å². The SMILES string of the molecule is CC(C)=CCC[C@](C)(O)[C@H]1CC[C@]2(C)[C@@H]1CC[C@@H]1[C@@]3(C)CC[C@H](O[C@@H]4O[C@H](CO)[C@@H](O)[C@H](O)[C@H]4O[C@@H]4O[C@@H](C)[C@H](O)[C@@H](O)[C@H]4O)C(C)(C)[C@@H]3C[C@H](O)[C@]12C. The molecule has 12 nitrogen and oxygen atoms in total. The van der Waals surface area contributed by atoms with Crippen molar-refractivity contribution in [2.75, 3.05) is 6.61 Å². The van der Waals surface area contributed by atoms with Crippen molar-refractivity contribution in [2.24, 2.45) is 45.3 Å². The van der Waals surface area contributed by atoms with E-state index in [1.165, 1.54) is 12.5 Å². The molecule has 6 aliphatic rings. The normalized spacial score (nSPS) is 52.8. The van der Waals surface area contributed by atoms with Gasteiger partial charge < -0.3 is 59.8 Å². The molecule has 8 N–H and O–H groups in total. The summed E-state index contributed by atoms with van der Waals surface area (Å²) in [5.74, 6) is 0.821. The molecule has 0 aromatic heterocycles. The Bertz CT molecular complexity index is 1350. The van der Waals surface area contributed by atoms with E-state index in [1.54, 1.807) is 0 Å². The van der Waals surface area contributed by atoms with Crippen LogP contribution in [0.5, 0.6) is 0 Å². The predicted octanol–water partition coefficient (Wildman–Crippen LogP) is 3.18. The molecule has 0 bridgehead atoms. The van der Waals surface area contributed by atoms with E-state index in [4.69, 9.17) is 18.9 Å². The summed E-state index contributed by atoms with van der Waals surface area (Å²) in [6.07, 6.45) is -5.02. The summed E-state index contributed by atoms with van der Waals surface area (Å²) in [4.78, 5) is 0. The van der Waals surface area contributed by atoms with Crippen LogP contribution < -0.4 is 0 Å². The Morgan fingerprint density at radius 2 is 1.48 bits per heavy atom. The number of fused-ring (bicyclic) bond motifs is 5. The first-order chi connectivity index (χ1) is 25.1. The molecule has 4 aliphatic carbocycles. The standard InChI is InChI=1S/C42H72O12/c1-21(2)11-10-16-41(8,50)24-14-18-40(7)23(24)12-13-26-39(6)17-15-29(38(4,5)27(39)19-28(44)42(26,40)9)53-37-35(33(48)31(46)25(20-43)52-37)54-36-34(49)32(47)30(45)22(3)51-36/h11,22-37,43-50H,10,12-20H2,1-9H3/t22-,23+,24-,25+,26+,27-,28-,29-,30-,31+,32+,33-,34+,35+,36-,37-,39+,40+,41-,42-/m0/s1. The van der Waals surface area contributed by atoms with Crippen molar-refractivity contribution in [2.45, 2.75) is 199 Å². The molecule has 312 valence electrons. The Balaban J connectivity index is 1.23. The van der Waals surface area contributed by atoms with Crippen LogP contribution in [0.3, 0.4) is 0 Å². The highest BCUT2D eigenvalue weighted by Crippen LogP contribution is 2.76. The zero-order valence-corrected chi connectivity index (χ0v) is 34.1. The lowest BCUT2D eigenvalue weighted by Gasteiger charge is -2.71. The number of rotatable bonds is 9. The van der Waals surface area contributed by atoms with Crippen LogP contribution in [0.1, 0.15) is 120 Å². The van der Waals surface area contributed by atoms with E-state index in [0.29, 0.717) is 18.8 Å². The zero-order chi connectivity index (χ0) is 39.9. The second-order valence-electron chi connectivity index (χ2n) is 20.0. The molecular formula is C42H72O12. The lowest BCUT2D eigenvalue weighted by atomic mass is 9.34. The molecule has 2 heterocycles. The van der Waals surface area contributed by atoms with E-state index in [0.717, 1.165) is 44.9 Å². The zero-order valence-electron chi connectivity index (χ0n) is 34.1. The monoisotopic (exact) mass is 769 g/mol. The lowest BCUT2D eigenvalue weighted by Crippen LogP contribution is -2.69. The van der Waals surface area contributed by atoms with Crippen LogP contribution in [-0.2, 0) is 18.9 Å². The second kappa shape index (κ2) is 15.1. The lowest BCUT2D eigenvalue weighted by molar-refractivity contribution is -0.377. The van der Waals surface area contributed by atoms with Crippen LogP contribution in [0.4, 0.5) is 0 Å². The first kappa shape index (κ1) is 42.9. The van der Waals surface area contributed by atoms with Crippen molar-refractivity contribution in [1.29, 1.82) is 0 Å². The molecule has 0 radical (unpaired) electrons. The number of aliphatic hydroxyl groups is 8. The van der Waals surface area contributed by atoms with Crippen LogP contribution in [0.2, 0.25) is 0 Å². The van der Waals surface area contributed by atoms with Crippen molar-refractivity contribution < 1.29 is 59.8 Å². The molecular weight excluding hydrogens is 696 g/mol. The molecule has 54 heavy (non-hydrogen) atoms. The van der Waals surface area contributed by atoms with Gasteiger partial charge in [-0.1, -0.05) is 46.3 Å². The molecule has 0 aromatic carbocycles. The average molecular weight is 769 g/mol. The van der Waals surface area contributed by atoms with E-state index < -0.39 is 91.2 Å². The summed E-state index contributed by atoms with van der Waals surface area (Å²) >= 11 is 0. The fraction of sp³-hybridized carbons (Fsp3) is 0.952. The first-order valence-electron chi connectivity index (χ1n) is 20.7. The van der Waals surface area contributed by atoms with E-state index in [9.17, 15) is 40.9 Å². The molecule has 6 rings (SSSR count). The number of hydrogen-bond donors (Lipinski definition) is 8. The maximum absolute atomic E-state index is 12.5. The Morgan fingerprint density at radius 3 is 2.13 bits per heavy atom. The summed E-state index contributed by atoms with van der Waals surface area (Å²) in [6.45, 7) is 18.6. The van der Waals surface area contributed by atoms with Gasteiger partial charge in [0.1, 0.15) is 42.7 Å². The molecule has 6 fully saturated rings. The number of ether oxygens (including phenoxy) is 4. The van der Waals surface area contributed by atoms with Gasteiger partial charge in [0.05, 0.1) is 30.5 Å². The van der Waals surface area contributed by atoms with Crippen molar-refractivity contribution >= 4 is 0 Å². The van der Waals surface area contributed by atoms with Gasteiger partial charge in [0, 0.05) is 5.41 Å². The minimum absolute atomic E-state index is 0.0643. The van der Waals surface area contributed by atoms with Crippen molar-refractivity contribution in [1.82, 2.24) is 0 Å². The number of hydrogen-bond acceptors (Lipinski definition) is 12. The molecule has 0 spiro atoms. The first-order valence-corrected chi connectivity index (χ1v) is 20.7. The van der Waals surface area contributed by atoms with E-state index in [2.05, 4.69) is 54.5 Å². The fourth-order valence-electron chi connectivity index (χ4n) is 13.2. The van der Waals surface area contributed by atoms with Gasteiger partial charge in [-0.15, -0.1) is 0 Å². The minimum atomic E-state index is -1.65. The van der Waals surface area contributed by atoms with E-state index in [-0.39, 0.29) is 34.0 Å². The van der Waals surface area contributed by atoms with Crippen LogP contribution in [0.15, 0.2) is 11.6 Å². The maximum atomic E-state index is 12.5. The van der Waals surface area contributed by atoms with Gasteiger partial charge >= 0.3 is 0 Å². The summed E-state index contributed by atoms with van der Waals surface area (Å²) < 4.78 is 24.5. The Morgan fingerprint density at radius 1 is 0.796 bits per heavy atom. The van der Waals surface area contributed by atoms with E-state index >= 15 is 0 Å². The average Bonchev–Trinajstić information content (AvgIpc) is 3.47. The van der Waals surface area contributed by atoms with Crippen LogP contribution >= 0.6 is 0 Å². The van der Waals surface area contributed by atoms with Crippen LogP contribution in [0, 0.1) is 45.3 Å². The molecule has 2 aliphatic heterocycles. The molecule has 0 unspecified atom stereocenters. The molecule has 12 heteroatoms. The maximum Gasteiger partial charge on any atom is 0.187 e. The van der Waals surface area contributed by atoms with Crippen LogP contribution in [-0.4, -0.2) is 127 Å². The largest absolute Gasteiger partial charge is 0.394 e. The Hall–Kier alpha value is -0.740. The quantitative estimate of drug-likeness (QED) is 0.126.